The van der Waals surface area contributed by atoms with Crippen molar-refractivity contribution in [1.29, 1.82) is 0 Å². The highest BCUT2D eigenvalue weighted by molar-refractivity contribution is 7.14. The predicted molar refractivity (Wildman–Crippen MR) is 72.2 cm³/mol. The number of hydrogen-bond acceptors (Lipinski definition) is 3. The van der Waals surface area contributed by atoms with Crippen LogP contribution in [0.2, 0.25) is 0 Å². The van der Waals surface area contributed by atoms with E-state index < -0.39 is 0 Å². The standard InChI is InChI=1S/C13H18N2OS/c1-4-15(5-2)13(16)12-9-10(3)11(17-12)7-6-8-14/h9H,4-5,8,14H2,1-3H3. The summed E-state index contributed by atoms with van der Waals surface area (Å²) in [4.78, 5) is 15.6. The topological polar surface area (TPSA) is 46.3 Å². The van der Waals surface area contributed by atoms with E-state index >= 15 is 0 Å². The van der Waals surface area contributed by atoms with Crippen LogP contribution in [0.3, 0.4) is 0 Å². The number of thiophene rings is 1. The van der Waals surface area contributed by atoms with Gasteiger partial charge in [0, 0.05) is 13.1 Å². The summed E-state index contributed by atoms with van der Waals surface area (Å²) in [5, 5.41) is 0. The smallest absolute Gasteiger partial charge is 0.263 e. The van der Waals surface area contributed by atoms with E-state index in [1.165, 1.54) is 11.3 Å². The lowest BCUT2D eigenvalue weighted by Gasteiger charge is -2.17. The molecule has 0 aliphatic heterocycles. The van der Waals surface area contributed by atoms with Gasteiger partial charge >= 0.3 is 0 Å². The fourth-order valence-electron chi connectivity index (χ4n) is 1.51. The lowest BCUT2D eigenvalue weighted by molar-refractivity contribution is 0.0778. The van der Waals surface area contributed by atoms with Crippen molar-refractivity contribution in [2.24, 2.45) is 5.73 Å². The second-order valence-electron chi connectivity index (χ2n) is 3.61. The number of rotatable bonds is 3. The number of amides is 1. The summed E-state index contributed by atoms with van der Waals surface area (Å²) in [5.74, 6) is 5.90. The Bertz CT molecular complexity index is 450. The van der Waals surface area contributed by atoms with Gasteiger partial charge in [0.15, 0.2) is 0 Å². The van der Waals surface area contributed by atoms with Gasteiger partial charge in [-0.05, 0) is 32.4 Å². The van der Waals surface area contributed by atoms with Gasteiger partial charge in [-0.2, -0.15) is 0 Å². The molecule has 0 spiro atoms. The minimum atomic E-state index is 0.0869. The molecule has 0 atom stereocenters. The summed E-state index contributed by atoms with van der Waals surface area (Å²) >= 11 is 1.45. The van der Waals surface area contributed by atoms with Crippen molar-refractivity contribution in [3.05, 3.63) is 21.4 Å². The van der Waals surface area contributed by atoms with Gasteiger partial charge in [0.2, 0.25) is 0 Å². The molecule has 1 heterocycles. The molecule has 0 aromatic carbocycles. The van der Waals surface area contributed by atoms with E-state index in [9.17, 15) is 4.79 Å². The predicted octanol–water partition coefficient (Wildman–Crippen LogP) is 1.85. The molecule has 3 nitrogen and oxygen atoms in total. The van der Waals surface area contributed by atoms with Crippen molar-refractivity contribution in [2.45, 2.75) is 20.8 Å². The lowest BCUT2D eigenvalue weighted by atomic mass is 10.2. The first-order valence-electron chi connectivity index (χ1n) is 5.72. The Hall–Kier alpha value is -1.31. The average Bonchev–Trinajstić information content (AvgIpc) is 2.69. The maximum atomic E-state index is 12.1. The summed E-state index contributed by atoms with van der Waals surface area (Å²) in [6, 6.07) is 1.91. The van der Waals surface area contributed by atoms with Gasteiger partial charge in [-0.3, -0.25) is 4.79 Å². The van der Waals surface area contributed by atoms with Crippen molar-refractivity contribution < 1.29 is 4.79 Å². The van der Waals surface area contributed by atoms with Crippen LogP contribution < -0.4 is 5.73 Å². The van der Waals surface area contributed by atoms with Crippen molar-refractivity contribution in [3.63, 3.8) is 0 Å². The molecule has 1 aromatic rings. The second-order valence-corrected chi connectivity index (χ2v) is 4.66. The zero-order valence-corrected chi connectivity index (χ0v) is 11.4. The highest BCUT2D eigenvalue weighted by Gasteiger charge is 2.16. The molecule has 1 amide bonds. The maximum Gasteiger partial charge on any atom is 0.263 e. The molecule has 1 rings (SSSR count). The van der Waals surface area contributed by atoms with E-state index in [0.29, 0.717) is 6.54 Å². The van der Waals surface area contributed by atoms with Crippen molar-refractivity contribution in [1.82, 2.24) is 4.90 Å². The van der Waals surface area contributed by atoms with Crippen molar-refractivity contribution in [2.75, 3.05) is 19.6 Å². The third-order valence-electron chi connectivity index (χ3n) is 2.48. The Morgan fingerprint density at radius 3 is 2.65 bits per heavy atom. The SMILES string of the molecule is CCN(CC)C(=O)c1cc(C)c(C#CCN)s1. The minimum Gasteiger partial charge on any atom is -0.339 e. The van der Waals surface area contributed by atoms with Gasteiger partial charge in [0.1, 0.15) is 0 Å². The zero-order valence-electron chi connectivity index (χ0n) is 10.5. The van der Waals surface area contributed by atoms with Crippen LogP contribution in [0.4, 0.5) is 0 Å². The number of hydrogen-bond donors (Lipinski definition) is 1. The van der Waals surface area contributed by atoms with Crippen LogP contribution in [-0.4, -0.2) is 30.4 Å². The Morgan fingerprint density at radius 2 is 2.12 bits per heavy atom. The summed E-state index contributed by atoms with van der Waals surface area (Å²) in [6.07, 6.45) is 0. The fourth-order valence-corrected chi connectivity index (χ4v) is 2.52. The zero-order chi connectivity index (χ0) is 12.8. The first kappa shape index (κ1) is 13.8. The van der Waals surface area contributed by atoms with E-state index in [1.807, 2.05) is 31.7 Å². The van der Waals surface area contributed by atoms with Gasteiger partial charge < -0.3 is 10.6 Å². The number of carbonyl (C=O) groups excluding carboxylic acids is 1. The number of nitrogens with zero attached hydrogens (tertiary/aromatic N) is 1. The second kappa shape index (κ2) is 6.43. The molecule has 1 aromatic heterocycles. The van der Waals surface area contributed by atoms with Gasteiger partial charge in [0.05, 0.1) is 16.3 Å². The summed E-state index contributed by atoms with van der Waals surface area (Å²) in [6.45, 7) is 7.74. The number of aryl methyl sites for hydroxylation is 1. The van der Waals surface area contributed by atoms with Gasteiger partial charge in [-0.15, -0.1) is 11.3 Å². The Morgan fingerprint density at radius 1 is 1.47 bits per heavy atom. The van der Waals surface area contributed by atoms with E-state index in [1.54, 1.807) is 0 Å². The van der Waals surface area contributed by atoms with Crippen LogP contribution in [0.15, 0.2) is 6.07 Å². The van der Waals surface area contributed by atoms with Crippen molar-refractivity contribution >= 4 is 17.2 Å². The van der Waals surface area contributed by atoms with Gasteiger partial charge in [-0.25, -0.2) is 0 Å². The molecular weight excluding hydrogens is 232 g/mol. The summed E-state index contributed by atoms with van der Waals surface area (Å²) in [7, 11) is 0. The van der Waals surface area contributed by atoms with E-state index in [4.69, 9.17) is 5.73 Å². The lowest BCUT2D eigenvalue weighted by Crippen LogP contribution is -2.29. The third kappa shape index (κ3) is 3.32. The molecular formula is C13H18N2OS. The third-order valence-corrected chi connectivity index (χ3v) is 3.62. The highest BCUT2D eigenvalue weighted by atomic mass is 32.1. The average molecular weight is 250 g/mol. The maximum absolute atomic E-state index is 12.1. The number of carbonyl (C=O) groups is 1. The van der Waals surface area contributed by atoms with Gasteiger partial charge in [-0.1, -0.05) is 11.8 Å². The quantitative estimate of drug-likeness (QED) is 0.832. The van der Waals surface area contributed by atoms with E-state index in [2.05, 4.69) is 11.8 Å². The monoisotopic (exact) mass is 250 g/mol. The molecule has 0 fully saturated rings. The van der Waals surface area contributed by atoms with Crippen molar-refractivity contribution in [3.8, 4) is 11.8 Å². The van der Waals surface area contributed by atoms with Crippen LogP contribution in [0.1, 0.15) is 34.0 Å². The summed E-state index contributed by atoms with van der Waals surface area (Å²) < 4.78 is 0. The number of nitrogens with two attached hydrogens (primary N) is 1. The summed E-state index contributed by atoms with van der Waals surface area (Å²) in [5.41, 5.74) is 6.39. The van der Waals surface area contributed by atoms with E-state index in [-0.39, 0.29) is 5.91 Å². The molecule has 0 saturated carbocycles. The molecule has 4 heteroatoms. The minimum absolute atomic E-state index is 0.0869. The molecule has 0 bridgehead atoms. The first-order valence-corrected chi connectivity index (χ1v) is 6.54. The molecule has 0 unspecified atom stereocenters. The molecule has 0 saturated heterocycles. The van der Waals surface area contributed by atoms with Crippen LogP contribution in [0, 0.1) is 18.8 Å². The molecule has 92 valence electrons. The highest BCUT2D eigenvalue weighted by Crippen LogP contribution is 2.22. The molecule has 0 aliphatic carbocycles. The van der Waals surface area contributed by atoms with Crippen LogP contribution in [0.5, 0.6) is 0 Å². The largest absolute Gasteiger partial charge is 0.339 e. The molecule has 0 radical (unpaired) electrons. The molecule has 0 aliphatic rings. The fraction of sp³-hybridized carbons (Fsp3) is 0.462. The first-order chi connectivity index (χ1) is 8.13. The Labute approximate surface area is 107 Å². The van der Waals surface area contributed by atoms with Crippen LogP contribution in [0.25, 0.3) is 0 Å². The van der Waals surface area contributed by atoms with E-state index in [0.717, 1.165) is 28.4 Å². The molecule has 2 N–H and O–H groups in total. The molecule has 17 heavy (non-hydrogen) atoms. The Kier molecular flexibility index (Phi) is 5.20. The van der Waals surface area contributed by atoms with Crippen LogP contribution in [-0.2, 0) is 0 Å². The normalized spacial score (nSPS) is 9.65. The van der Waals surface area contributed by atoms with Gasteiger partial charge in [0.25, 0.3) is 5.91 Å². The van der Waals surface area contributed by atoms with Crippen LogP contribution >= 0.6 is 11.3 Å². The Balaban J connectivity index is 2.97.